The Bertz CT molecular complexity index is 1320. The molecule has 5 rings (SSSR count). The first kappa shape index (κ1) is 21.1. The SMILES string of the molecule is Cc1cccc(C(=O)NCc2ccc(-c3nn(C4CCCC4)c4ncnc(N)c34)cc2)c1C. The minimum absolute atomic E-state index is 0.0634. The van der Waals surface area contributed by atoms with E-state index in [1.165, 1.54) is 19.2 Å². The molecule has 0 spiro atoms. The second kappa shape index (κ2) is 8.65. The maximum atomic E-state index is 12.6. The van der Waals surface area contributed by atoms with Crippen molar-refractivity contribution in [3.63, 3.8) is 0 Å². The molecule has 2 heterocycles. The average Bonchev–Trinajstić information content (AvgIpc) is 3.48. The number of aryl methyl sites for hydroxylation is 1. The van der Waals surface area contributed by atoms with Gasteiger partial charge in [0.25, 0.3) is 5.91 Å². The molecule has 33 heavy (non-hydrogen) atoms. The van der Waals surface area contributed by atoms with Gasteiger partial charge in [0.1, 0.15) is 17.8 Å². The zero-order valence-corrected chi connectivity index (χ0v) is 19.0. The van der Waals surface area contributed by atoms with Crippen LogP contribution in [0.2, 0.25) is 0 Å². The summed E-state index contributed by atoms with van der Waals surface area (Å²) in [4.78, 5) is 21.4. The van der Waals surface area contributed by atoms with Gasteiger partial charge >= 0.3 is 0 Å². The summed E-state index contributed by atoms with van der Waals surface area (Å²) in [6.45, 7) is 4.44. The second-order valence-corrected chi connectivity index (χ2v) is 8.82. The monoisotopic (exact) mass is 440 g/mol. The third-order valence-corrected chi connectivity index (χ3v) is 6.72. The van der Waals surface area contributed by atoms with Crippen molar-refractivity contribution >= 4 is 22.8 Å². The van der Waals surface area contributed by atoms with Crippen LogP contribution in [0.1, 0.15) is 58.8 Å². The van der Waals surface area contributed by atoms with E-state index in [1.54, 1.807) is 0 Å². The van der Waals surface area contributed by atoms with E-state index in [-0.39, 0.29) is 5.91 Å². The Morgan fingerprint density at radius 2 is 1.85 bits per heavy atom. The van der Waals surface area contributed by atoms with Crippen molar-refractivity contribution in [2.24, 2.45) is 0 Å². The molecule has 1 saturated carbocycles. The molecule has 0 atom stereocenters. The molecule has 0 radical (unpaired) electrons. The number of anilines is 1. The lowest BCUT2D eigenvalue weighted by Crippen LogP contribution is -2.23. The molecular weight excluding hydrogens is 412 g/mol. The summed E-state index contributed by atoms with van der Waals surface area (Å²) in [5, 5.41) is 8.76. The molecule has 168 valence electrons. The van der Waals surface area contributed by atoms with Crippen molar-refractivity contribution in [2.75, 3.05) is 5.73 Å². The highest BCUT2D eigenvalue weighted by atomic mass is 16.1. The van der Waals surface area contributed by atoms with Crippen LogP contribution in [0.4, 0.5) is 5.82 Å². The van der Waals surface area contributed by atoms with Crippen LogP contribution in [-0.4, -0.2) is 25.7 Å². The first-order valence-electron chi connectivity index (χ1n) is 11.5. The third-order valence-electron chi connectivity index (χ3n) is 6.72. The van der Waals surface area contributed by atoms with Crippen LogP contribution in [0.5, 0.6) is 0 Å². The number of aromatic nitrogens is 4. The largest absolute Gasteiger partial charge is 0.383 e. The van der Waals surface area contributed by atoms with E-state index in [4.69, 9.17) is 10.8 Å². The molecule has 3 N–H and O–H groups in total. The Labute approximate surface area is 193 Å². The van der Waals surface area contributed by atoms with Crippen molar-refractivity contribution in [3.8, 4) is 11.3 Å². The van der Waals surface area contributed by atoms with E-state index in [1.807, 2.05) is 61.0 Å². The Morgan fingerprint density at radius 3 is 2.61 bits per heavy atom. The predicted octanol–water partition coefficient (Wildman–Crippen LogP) is 4.74. The fourth-order valence-corrected chi connectivity index (χ4v) is 4.66. The van der Waals surface area contributed by atoms with Gasteiger partial charge in [0.05, 0.1) is 11.4 Å². The van der Waals surface area contributed by atoms with Crippen LogP contribution in [0.25, 0.3) is 22.3 Å². The summed E-state index contributed by atoms with van der Waals surface area (Å²) in [6, 6.07) is 14.2. The molecule has 0 unspecified atom stereocenters. The summed E-state index contributed by atoms with van der Waals surface area (Å²) in [5.41, 5.74) is 12.7. The number of nitrogens with one attached hydrogen (secondary N) is 1. The summed E-state index contributed by atoms with van der Waals surface area (Å²) in [7, 11) is 0. The lowest BCUT2D eigenvalue weighted by atomic mass is 10.0. The first-order chi connectivity index (χ1) is 16.0. The molecule has 1 aliphatic rings. The molecule has 1 fully saturated rings. The van der Waals surface area contributed by atoms with E-state index >= 15 is 0 Å². The zero-order valence-electron chi connectivity index (χ0n) is 19.0. The van der Waals surface area contributed by atoms with Crippen LogP contribution in [-0.2, 0) is 6.54 Å². The van der Waals surface area contributed by atoms with Gasteiger partial charge < -0.3 is 11.1 Å². The highest BCUT2D eigenvalue weighted by Gasteiger charge is 2.24. The van der Waals surface area contributed by atoms with Crippen molar-refractivity contribution < 1.29 is 4.79 Å². The minimum Gasteiger partial charge on any atom is -0.383 e. The van der Waals surface area contributed by atoms with E-state index in [0.717, 1.165) is 51.8 Å². The van der Waals surface area contributed by atoms with Gasteiger partial charge in [0.15, 0.2) is 5.65 Å². The maximum Gasteiger partial charge on any atom is 0.251 e. The number of nitrogens with zero attached hydrogens (tertiary/aromatic N) is 4. The Morgan fingerprint density at radius 1 is 1.09 bits per heavy atom. The lowest BCUT2D eigenvalue weighted by Gasteiger charge is -2.10. The third kappa shape index (κ3) is 3.95. The molecule has 4 aromatic rings. The van der Waals surface area contributed by atoms with Gasteiger partial charge in [-0.25, -0.2) is 14.6 Å². The molecule has 7 heteroatoms. The lowest BCUT2D eigenvalue weighted by molar-refractivity contribution is 0.0950. The van der Waals surface area contributed by atoms with Gasteiger partial charge in [-0.2, -0.15) is 5.10 Å². The molecule has 1 aliphatic carbocycles. The number of benzene rings is 2. The van der Waals surface area contributed by atoms with E-state index in [9.17, 15) is 4.79 Å². The summed E-state index contributed by atoms with van der Waals surface area (Å²) in [6.07, 6.45) is 6.16. The number of nitrogen functional groups attached to an aromatic ring is 1. The van der Waals surface area contributed by atoms with Gasteiger partial charge in [-0.1, -0.05) is 49.2 Å². The summed E-state index contributed by atoms with van der Waals surface area (Å²) >= 11 is 0. The van der Waals surface area contributed by atoms with Crippen molar-refractivity contribution in [3.05, 3.63) is 71.0 Å². The van der Waals surface area contributed by atoms with Crippen molar-refractivity contribution in [2.45, 2.75) is 52.1 Å². The van der Waals surface area contributed by atoms with Gasteiger partial charge in [-0.3, -0.25) is 4.79 Å². The highest BCUT2D eigenvalue weighted by molar-refractivity contribution is 5.98. The number of hydrogen-bond acceptors (Lipinski definition) is 5. The van der Waals surface area contributed by atoms with Crippen LogP contribution in [0, 0.1) is 13.8 Å². The van der Waals surface area contributed by atoms with Gasteiger partial charge in [0.2, 0.25) is 0 Å². The van der Waals surface area contributed by atoms with Crippen molar-refractivity contribution in [1.82, 2.24) is 25.1 Å². The number of carbonyl (C=O) groups excluding carboxylic acids is 1. The van der Waals surface area contributed by atoms with Crippen LogP contribution < -0.4 is 11.1 Å². The van der Waals surface area contributed by atoms with E-state index in [2.05, 4.69) is 15.3 Å². The zero-order chi connectivity index (χ0) is 22.9. The van der Waals surface area contributed by atoms with E-state index in [0.29, 0.717) is 24.0 Å². The molecule has 0 saturated heterocycles. The number of fused-ring (bicyclic) bond motifs is 1. The maximum absolute atomic E-state index is 12.6. The van der Waals surface area contributed by atoms with Crippen LogP contribution >= 0.6 is 0 Å². The number of nitrogens with two attached hydrogens (primary N) is 1. The second-order valence-electron chi connectivity index (χ2n) is 8.82. The standard InChI is InChI=1S/C26H28N6O/c1-16-6-5-9-21(17(16)2)26(33)28-14-18-10-12-19(13-11-18)23-22-24(27)29-15-30-25(22)32(31-23)20-7-3-4-8-20/h5-6,9-13,15,20H,3-4,7-8,14H2,1-2H3,(H,28,33)(H2,27,29,30). The normalized spacial score (nSPS) is 14.1. The number of hydrogen-bond donors (Lipinski definition) is 2. The fraction of sp³-hybridized carbons (Fsp3) is 0.308. The minimum atomic E-state index is -0.0634. The molecule has 0 aliphatic heterocycles. The van der Waals surface area contributed by atoms with Crippen molar-refractivity contribution in [1.29, 1.82) is 0 Å². The smallest absolute Gasteiger partial charge is 0.251 e. The van der Waals surface area contributed by atoms with E-state index < -0.39 is 0 Å². The van der Waals surface area contributed by atoms with Gasteiger partial charge in [-0.05, 0) is 49.4 Å². The van der Waals surface area contributed by atoms with Crippen LogP contribution in [0.15, 0.2) is 48.8 Å². The van der Waals surface area contributed by atoms with Gasteiger partial charge in [-0.15, -0.1) is 0 Å². The quantitative estimate of drug-likeness (QED) is 0.467. The molecule has 7 nitrogen and oxygen atoms in total. The fourth-order valence-electron chi connectivity index (χ4n) is 4.66. The summed E-state index contributed by atoms with van der Waals surface area (Å²) < 4.78 is 2.04. The number of rotatable bonds is 5. The highest BCUT2D eigenvalue weighted by Crippen LogP contribution is 2.36. The van der Waals surface area contributed by atoms with Crippen LogP contribution in [0.3, 0.4) is 0 Å². The topological polar surface area (TPSA) is 98.7 Å². The number of carbonyl (C=O) groups is 1. The Hall–Kier alpha value is -3.74. The summed E-state index contributed by atoms with van der Waals surface area (Å²) in [5.74, 6) is 0.385. The molecule has 0 bridgehead atoms. The molecular formula is C26H28N6O. The Kier molecular flexibility index (Phi) is 5.54. The number of amides is 1. The predicted molar refractivity (Wildman–Crippen MR) is 130 cm³/mol. The first-order valence-corrected chi connectivity index (χ1v) is 11.5. The Balaban J connectivity index is 1.39. The molecule has 2 aromatic heterocycles. The molecule has 2 aromatic carbocycles. The average molecular weight is 441 g/mol. The van der Waals surface area contributed by atoms with Gasteiger partial charge in [0, 0.05) is 17.7 Å². The molecule has 1 amide bonds.